The van der Waals surface area contributed by atoms with Gasteiger partial charge in [0.25, 0.3) is 0 Å². The van der Waals surface area contributed by atoms with E-state index in [1.54, 1.807) is 0 Å². The molecule has 0 saturated heterocycles. The van der Waals surface area contributed by atoms with Crippen molar-refractivity contribution in [1.29, 1.82) is 0 Å². The van der Waals surface area contributed by atoms with Gasteiger partial charge in [0, 0.05) is 12.1 Å². The first kappa shape index (κ1) is 17.1. The maximum atomic E-state index is 12.1. The molecule has 5 heteroatoms. The fourth-order valence-electron chi connectivity index (χ4n) is 3.63. The predicted octanol–water partition coefficient (Wildman–Crippen LogP) is 3.11. The highest BCUT2D eigenvalue weighted by Crippen LogP contribution is 2.26. The summed E-state index contributed by atoms with van der Waals surface area (Å²) in [6.07, 6.45) is 8.27. The van der Waals surface area contributed by atoms with Crippen molar-refractivity contribution in [3.8, 4) is 5.75 Å². The number of aliphatic hydroxyl groups is 1. The van der Waals surface area contributed by atoms with Crippen LogP contribution in [0.2, 0.25) is 0 Å². The van der Waals surface area contributed by atoms with Crippen LogP contribution in [0.1, 0.15) is 56.9 Å². The Kier molecular flexibility index (Phi) is 5.96. The van der Waals surface area contributed by atoms with E-state index in [9.17, 15) is 9.90 Å². The molecule has 1 aromatic carbocycles. The summed E-state index contributed by atoms with van der Waals surface area (Å²) in [6.45, 7) is 0.428. The second-order valence-electron chi connectivity index (χ2n) is 6.92. The summed E-state index contributed by atoms with van der Waals surface area (Å²) in [5.74, 6) is 0.863. The molecule has 0 radical (unpaired) electrons. The molecule has 3 N–H and O–H groups in total. The molecule has 0 spiro atoms. The Balaban J connectivity index is 1.51. The van der Waals surface area contributed by atoms with E-state index >= 15 is 0 Å². The van der Waals surface area contributed by atoms with Crippen LogP contribution in [-0.4, -0.2) is 29.4 Å². The van der Waals surface area contributed by atoms with Gasteiger partial charge in [-0.2, -0.15) is 0 Å². The van der Waals surface area contributed by atoms with Gasteiger partial charge in [-0.15, -0.1) is 0 Å². The minimum absolute atomic E-state index is 0.135. The monoisotopic (exact) mass is 332 g/mol. The van der Waals surface area contributed by atoms with Crippen molar-refractivity contribution >= 4 is 6.03 Å². The van der Waals surface area contributed by atoms with Gasteiger partial charge in [-0.25, -0.2) is 4.79 Å². The number of urea groups is 1. The summed E-state index contributed by atoms with van der Waals surface area (Å²) in [4.78, 5) is 12.1. The van der Waals surface area contributed by atoms with Crippen molar-refractivity contribution in [3.63, 3.8) is 0 Å². The maximum Gasteiger partial charge on any atom is 0.315 e. The van der Waals surface area contributed by atoms with E-state index in [1.165, 1.54) is 12.8 Å². The molecule has 1 aromatic rings. The number of carbonyl (C=O) groups is 1. The Morgan fingerprint density at radius 2 is 1.79 bits per heavy atom. The predicted molar refractivity (Wildman–Crippen MR) is 93.0 cm³/mol. The minimum atomic E-state index is -0.428. The number of hydrogen-bond acceptors (Lipinski definition) is 3. The third kappa shape index (κ3) is 4.63. The third-order valence-electron chi connectivity index (χ3n) is 5.05. The largest absolute Gasteiger partial charge is 0.490 e. The lowest BCUT2D eigenvalue weighted by Crippen LogP contribution is -2.48. The van der Waals surface area contributed by atoms with Crippen LogP contribution in [0.5, 0.6) is 5.75 Å². The van der Waals surface area contributed by atoms with Crippen molar-refractivity contribution in [2.45, 2.75) is 76.2 Å². The van der Waals surface area contributed by atoms with Gasteiger partial charge in [0.05, 0.1) is 18.2 Å². The summed E-state index contributed by atoms with van der Waals surface area (Å²) in [7, 11) is 0. The molecular weight excluding hydrogens is 304 g/mol. The number of para-hydroxylation sites is 1. The van der Waals surface area contributed by atoms with Crippen molar-refractivity contribution in [3.05, 3.63) is 29.8 Å². The van der Waals surface area contributed by atoms with Crippen LogP contribution in [-0.2, 0) is 6.54 Å². The molecule has 2 aliphatic carbocycles. The van der Waals surface area contributed by atoms with Crippen LogP contribution in [0.4, 0.5) is 4.79 Å². The van der Waals surface area contributed by atoms with Crippen molar-refractivity contribution < 1.29 is 14.6 Å². The van der Waals surface area contributed by atoms with Gasteiger partial charge in [-0.3, -0.25) is 0 Å². The Morgan fingerprint density at radius 1 is 1.08 bits per heavy atom. The summed E-state index contributed by atoms with van der Waals surface area (Å²) in [5.41, 5.74) is 0.990. The standard InChI is InChI=1S/C19H28N2O3/c22-17-11-5-4-10-16(17)21-19(23)20-13-14-7-1-6-12-18(14)24-15-8-2-3-9-15/h1,6-7,12,15-17,22H,2-5,8-11,13H2,(H2,20,21,23). The highest BCUT2D eigenvalue weighted by molar-refractivity contribution is 5.74. The number of rotatable bonds is 5. The lowest BCUT2D eigenvalue weighted by Gasteiger charge is -2.28. The fourth-order valence-corrected chi connectivity index (χ4v) is 3.63. The molecule has 132 valence electrons. The number of benzene rings is 1. The Morgan fingerprint density at radius 3 is 2.58 bits per heavy atom. The molecule has 0 aliphatic heterocycles. The molecule has 3 rings (SSSR count). The quantitative estimate of drug-likeness (QED) is 0.776. The number of carbonyl (C=O) groups excluding carboxylic acids is 1. The van der Waals surface area contributed by atoms with Crippen LogP contribution in [0.25, 0.3) is 0 Å². The number of aliphatic hydroxyl groups excluding tert-OH is 1. The summed E-state index contributed by atoms with van der Waals surface area (Å²) in [5, 5.41) is 15.7. The van der Waals surface area contributed by atoms with Crippen molar-refractivity contribution in [2.24, 2.45) is 0 Å². The normalized spacial score (nSPS) is 24.5. The van der Waals surface area contributed by atoms with E-state index in [4.69, 9.17) is 4.74 Å². The molecule has 5 nitrogen and oxygen atoms in total. The Bertz CT molecular complexity index is 543. The Hall–Kier alpha value is -1.75. The lowest BCUT2D eigenvalue weighted by atomic mass is 9.93. The second kappa shape index (κ2) is 8.38. The van der Waals surface area contributed by atoms with Gasteiger partial charge in [0.1, 0.15) is 5.75 Å². The fraction of sp³-hybridized carbons (Fsp3) is 0.632. The van der Waals surface area contributed by atoms with Gasteiger partial charge < -0.3 is 20.5 Å². The zero-order valence-corrected chi connectivity index (χ0v) is 14.2. The summed E-state index contributed by atoms with van der Waals surface area (Å²) >= 11 is 0. The smallest absolute Gasteiger partial charge is 0.315 e. The van der Waals surface area contributed by atoms with Gasteiger partial charge >= 0.3 is 6.03 Å². The molecule has 2 saturated carbocycles. The van der Waals surface area contributed by atoms with E-state index in [0.29, 0.717) is 12.6 Å². The molecule has 0 bridgehead atoms. The van der Waals surface area contributed by atoms with E-state index in [0.717, 1.165) is 49.8 Å². The third-order valence-corrected chi connectivity index (χ3v) is 5.05. The maximum absolute atomic E-state index is 12.1. The molecule has 2 aliphatic rings. The molecule has 2 amide bonds. The number of nitrogens with one attached hydrogen (secondary N) is 2. The van der Waals surface area contributed by atoms with E-state index < -0.39 is 6.10 Å². The molecule has 24 heavy (non-hydrogen) atoms. The van der Waals surface area contributed by atoms with Crippen LogP contribution in [0.15, 0.2) is 24.3 Å². The summed E-state index contributed by atoms with van der Waals surface area (Å²) < 4.78 is 6.09. The van der Waals surface area contributed by atoms with Crippen LogP contribution in [0.3, 0.4) is 0 Å². The molecule has 0 heterocycles. The van der Waals surface area contributed by atoms with E-state index in [2.05, 4.69) is 10.6 Å². The molecule has 2 fully saturated rings. The SMILES string of the molecule is O=C(NCc1ccccc1OC1CCCC1)NC1CCCCC1O. The number of hydrogen-bond donors (Lipinski definition) is 3. The lowest BCUT2D eigenvalue weighted by molar-refractivity contribution is 0.0943. The van der Waals surface area contributed by atoms with Gasteiger partial charge in [-0.05, 0) is 44.6 Å². The van der Waals surface area contributed by atoms with Crippen LogP contribution < -0.4 is 15.4 Å². The number of ether oxygens (including phenoxy) is 1. The highest BCUT2D eigenvalue weighted by Gasteiger charge is 2.24. The van der Waals surface area contributed by atoms with Gasteiger partial charge in [-0.1, -0.05) is 31.0 Å². The van der Waals surface area contributed by atoms with Crippen LogP contribution >= 0.6 is 0 Å². The first-order valence-corrected chi connectivity index (χ1v) is 9.19. The van der Waals surface area contributed by atoms with Crippen molar-refractivity contribution in [1.82, 2.24) is 10.6 Å². The average molecular weight is 332 g/mol. The van der Waals surface area contributed by atoms with E-state index in [1.807, 2.05) is 24.3 Å². The topological polar surface area (TPSA) is 70.6 Å². The zero-order valence-electron chi connectivity index (χ0n) is 14.2. The molecule has 0 aromatic heterocycles. The van der Waals surface area contributed by atoms with Gasteiger partial charge in [0.15, 0.2) is 0 Å². The molecule has 2 atom stereocenters. The zero-order chi connectivity index (χ0) is 16.8. The minimum Gasteiger partial charge on any atom is -0.490 e. The second-order valence-corrected chi connectivity index (χ2v) is 6.92. The van der Waals surface area contributed by atoms with E-state index in [-0.39, 0.29) is 12.1 Å². The highest BCUT2D eigenvalue weighted by atomic mass is 16.5. The van der Waals surface area contributed by atoms with Crippen LogP contribution in [0, 0.1) is 0 Å². The Labute approximate surface area is 143 Å². The average Bonchev–Trinajstić information content (AvgIpc) is 3.09. The summed E-state index contributed by atoms with van der Waals surface area (Å²) in [6, 6.07) is 7.52. The molecule has 2 unspecified atom stereocenters. The first-order chi connectivity index (χ1) is 11.7. The number of amides is 2. The van der Waals surface area contributed by atoms with Crippen molar-refractivity contribution in [2.75, 3.05) is 0 Å². The van der Waals surface area contributed by atoms with Gasteiger partial charge in [0.2, 0.25) is 0 Å². The molecular formula is C19H28N2O3. The first-order valence-electron chi connectivity index (χ1n) is 9.19.